The Kier molecular flexibility index (Phi) is 3.94. The minimum Gasteiger partial charge on any atom is -0.356 e. The van der Waals surface area contributed by atoms with Gasteiger partial charge in [-0.25, -0.2) is 9.97 Å². The van der Waals surface area contributed by atoms with Crippen molar-refractivity contribution in [2.45, 2.75) is 46.0 Å². The topological polar surface area (TPSA) is 46.1 Å². The van der Waals surface area contributed by atoms with Gasteiger partial charge in [0.1, 0.15) is 17.4 Å². The molecule has 0 atom stereocenters. The van der Waals surface area contributed by atoms with Crippen molar-refractivity contribution < 1.29 is 4.79 Å². The number of Topliss-reactive ketones (excluding diaryl/α,β-unsaturated/α-hetero) is 1. The van der Waals surface area contributed by atoms with E-state index in [1.807, 2.05) is 0 Å². The van der Waals surface area contributed by atoms with E-state index in [2.05, 4.69) is 41.7 Å². The van der Waals surface area contributed by atoms with E-state index < -0.39 is 0 Å². The van der Waals surface area contributed by atoms with Crippen LogP contribution in [-0.4, -0.2) is 28.8 Å². The van der Waals surface area contributed by atoms with E-state index in [-0.39, 0.29) is 0 Å². The van der Waals surface area contributed by atoms with Gasteiger partial charge in [0.05, 0.1) is 0 Å². The molecule has 0 radical (unpaired) electrons. The average Bonchev–Trinajstić information content (AvgIpc) is 2.39. The Labute approximate surface area is 108 Å². The minimum atomic E-state index is 0.361. The van der Waals surface area contributed by atoms with Gasteiger partial charge in [0.25, 0.3) is 0 Å². The fraction of sp³-hybridized carbons (Fsp3) is 0.643. The molecule has 1 aliphatic rings. The van der Waals surface area contributed by atoms with Gasteiger partial charge in [-0.2, -0.15) is 0 Å². The van der Waals surface area contributed by atoms with Gasteiger partial charge in [0.15, 0.2) is 0 Å². The maximum Gasteiger partial charge on any atom is 0.136 e. The van der Waals surface area contributed by atoms with Crippen LogP contribution < -0.4 is 4.90 Å². The van der Waals surface area contributed by atoms with E-state index in [1.165, 1.54) is 0 Å². The Balaban J connectivity index is 2.26. The highest BCUT2D eigenvalue weighted by Gasteiger charge is 2.19. The van der Waals surface area contributed by atoms with Crippen molar-refractivity contribution >= 4 is 11.6 Å². The predicted octanol–water partition coefficient (Wildman–Crippen LogP) is 2.33. The summed E-state index contributed by atoms with van der Waals surface area (Å²) in [6.45, 7) is 7.94. The number of hydrogen-bond donors (Lipinski definition) is 0. The van der Waals surface area contributed by atoms with Crippen LogP contribution in [0.4, 0.5) is 5.82 Å². The quantitative estimate of drug-likeness (QED) is 0.822. The third-order valence-corrected chi connectivity index (χ3v) is 3.33. The summed E-state index contributed by atoms with van der Waals surface area (Å²) in [6.07, 6.45) is 2.13. The molecule has 98 valence electrons. The standard InChI is InChI=1S/C14H21N3O/c1-4-13-15-12(10(2)3)9-14(16-13)17-7-5-11(18)6-8-17/h9-10H,4-8H2,1-3H3. The zero-order valence-corrected chi connectivity index (χ0v) is 11.4. The number of anilines is 1. The molecular formula is C14H21N3O. The first-order valence-corrected chi connectivity index (χ1v) is 6.74. The first kappa shape index (κ1) is 13.0. The predicted molar refractivity (Wildman–Crippen MR) is 72.0 cm³/mol. The number of piperidine rings is 1. The normalized spacial score (nSPS) is 16.4. The summed E-state index contributed by atoms with van der Waals surface area (Å²) >= 11 is 0. The Morgan fingerprint density at radius 1 is 1.28 bits per heavy atom. The van der Waals surface area contributed by atoms with Crippen molar-refractivity contribution in [3.8, 4) is 0 Å². The summed E-state index contributed by atoms with van der Waals surface area (Å²) in [7, 11) is 0. The SMILES string of the molecule is CCc1nc(C(C)C)cc(N2CCC(=O)CC2)n1. The number of hydrogen-bond acceptors (Lipinski definition) is 4. The number of aromatic nitrogens is 2. The van der Waals surface area contributed by atoms with Crippen molar-refractivity contribution in [2.75, 3.05) is 18.0 Å². The van der Waals surface area contributed by atoms with E-state index in [9.17, 15) is 4.79 Å². The highest BCUT2D eigenvalue weighted by molar-refractivity contribution is 5.80. The van der Waals surface area contributed by atoms with Crippen molar-refractivity contribution in [3.63, 3.8) is 0 Å². The molecule has 2 heterocycles. The van der Waals surface area contributed by atoms with Gasteiger partial charge >= 0.3 is 0 Å². The van der Waals surface area contributed by atoms with E-state index in [0.717, 1.165) is 36.8 Å². The summed E-state index contributed by atoms with van der Waals surface area (Å²) in [5.41, 5.74) is 1.09. The lowest BCUT2D eigenvalue weighted by molar-refractivity contribution is -0.119. The number of rotatable bonds is 3. The second kappa shape index (κ2) is 5.46. The maximum absolute atomic E-state index is 11.3. The van der Waals surface area contributed by atoms with Crippen LogP contribution in [0.25, 0.3) is 0 Å². The number of nitrogens with zero attached hydrogens (tertiary/aromatic N) is 3. The van der Waals surface area contributed by atoms with Gasteiger partial charge < -0.3 is 4.90 Å². The van der Waals surface area contributed by atoms with Gasteiger partial charge in [-0.15, -0.1) is 0 Å². The van der Waals surface area contributed by atoms with Crippen LogP contribution in [0.2, 0.25) is 0 Å². The van der Waals surface area contributed by atoms with Crippen LogP contribution in [0.5, 0.6) is 0 Å². The molecule has 0 N–H and O–H groups in total. The average molecular weight is 247 g/mol. The van der Waals surface area contributed by atoms with Crippen molar-refractivity contribution in [3.05, 3.63) is 17.6 Å². The molecule has 4 heteroatoms. The molecule has 0 aromatic carbocycles. The van der Waals surface area contributed by atoms with Gasteiger partial charge in [-0.1, -0.05) is 20.8 Å². The molecule has 0 amide bonds. The Morgan fingerprint density at radius 2 is 1.94 bits per heavy atom. The van der Waals surface area contributed by atoms with Crippen molar-refractivity contribution in [2.24, 2.45) is 0 Å². The van der Waals surface area contributed by atoms with E-state index >= 15 is 0 Å². The van der Waals surface area contributed by atoms with Crippen LogP contribution in [0.1, 0.15) is 51.0 Å². The molecule has 4 nitrogen and oxygen atoms in total. The lowest BCUT2D eigenvalue weighted by Gasteiger charge is -2.27. The summed E-state index contributed by atoms with van der Waals surface area (Å²) in [5, 5.41) is 0. The smallest absolute Gasteiger partial charge is 0.136 e. The van der Waals surface area contributed by atoms with E-state index in [4.69, 9.17) is 0 Å². The van der Waals surface area contributed by atoms with Crippen LogP contribution in [0.15, 0.2) is 6.07 Å². The van der Waals surface area contributed by atoms with Gasteiger partial charge in [-0.05, 0) is 5.92 Å². The third kappa shape index (κ3) is 2.86. The first-order chi connectivity index (χ1) is 8.60. The monoisotopic (exact) mass is 247 g/mol. The lowest BCUT2D eigenvalue weighted by atomic mass is 10.1. The Bertz CT molecular complexity index is 433. The van der Waals surface area contributed by atoms with Crippen molar-refractivity contribution in [1.29, 1.82) is 0 Å². The molecule has 1 aliphatic heterocycles. The number of carbonyl (C=O) groups is 1. The van der Waals surface area contributed by atoms with Gasteiger partial charge in [0, 0.05) is 44.1 Å². The summed E-state index contributed by atoms with van der Waals surface area (Å²) in [6, 6.07) is 2.07. The molecule has 0 spiro atoms. The highest BCUT2D eigenvalue weighted by Crippen LogP contribution is 2.21. The number of aryl methyl sites for hydroxylation is 1. The second-order valence-corrected chi connectivity index (χ2v) is 5.10. The molecule has 1 fully saturated rings. The van der Waals surface area contributed by atoms with Crippen molar-refractivity contribution in [1.82, 2.24) is 9.97 Å². The lowest BCUT2D eigenvalue weighted by Crippen LogP contribution is -2.34. The molecule has 0 bridgehead atoms. The molecule has 0 aliphatic carbocycles. The molecule has 18 heavy (non-hydrogen) atoms. The minimum absolute atomic E-state index is 0.361. The van der Waals surface area contributed by atoms with Crippen LogP contribution in [-0.2, 0) is 11.2 Å². The molecule has 2 rings (SSSR count). The number of carbonyl (C=O) groups excluding carboxylic acids is 1. The fourth-order valence-electron chi connectivity index (χ4n) is 2.10. The van der Waals surface area contributed by atoms with E-state index in [1.54, 1.807) is 0 Å². The molecule has 1 saturated heterocycles. The summed E-state index contributed by atoms with van der Waals surface area (Å²) < 4.78 is 0. The van der Waals surface area contributed by atoms with Crippen LogP contribution in [0.3, 0.4) is 0 Å². The largest absolute Gasteiger partial charge is 0.356 e. The number of ketones is 1. The molecule has 0 unspecified atom stereocenters. The first-order valence-electron chi connectivity index (χ1n) is 6.74. The summed E-state index contributed by atoms with van der Waals surface area (Å²) in [5.74, 6) is 2.65. The van der Waals surface area contributed by atoms with Crippen LogP contribution in [0, 0.1) is 0 Å². The molecule has 0 saturated carbocycles. The zero-order chi connectivity index (χ0) is 13.1. The molecule has 1 aromatic heterocycles. The zero-order valence-electron chi connectivity index (χ0n) is 11.4. The fourth-order valence-corrected chi connectivity index (χ4v) is 2.10. The Morgan fingerprint density at radius 3 is 2.50 bits per heavy atom. The van der Waals surface area contributed by atoms with Crippen LogP contribution >= 0.6 is 0 Å². The Hall–Kier alpha value is -1.45. The van der Waals surface area contributed by atoms with Gasteiger partial charge in [-0.3, -0.25) is 4.79 Å². The highest BCUT2D eigenvalue weighted by atomic mass is 16.1. The van der Waals surface area contributed by atoms with E-state index in [0.29, 0.717) is 24.5 Å². The third-order valence-electron chi connectivity index (χ3n) is 3.33. The molecule has 1 aromatic rings. The van der Waals surface area contributed by atoms with Gasteiger partial charge in [0.2, 0.25) is 0 Å². The second-order valence-electron chi connectivity index (χ2n) is 5.10. The summed E-state index contributed by atoms with van der Waals surface area (Å²) in [4.78, 5) is 22.6. The molecular weight excluding hydrogens is 226 g/mol. The maximum atomic E-state index is 11.3.